The first-order chi connectivity index (χ1) is 10.9. The van der Waals surface area contributed by atoms with Crippen LogP contribution in [-0.2, 0) is 6.54 Å². The number of fused-ring (bicyclic) bond motifs is 1. The largest absolute Gasteiger partial charge is 0.372 e. The molecule has 3 heterocycles. The van der Waals surface area contributed by atoms with Gasteiger partial charge in [-0.05, 0) is 36.8 Å². The van der Waals surface area contributed by atoms with E-state index in [1.807, 2.05) is 12.4 Å². The van der Waals surface area contributed by atoms with Crippen LogP contribution in [0.5, 0.6) is 0 Å². The predicted molar refractivity (Wildman–Crippen MR) is 92.7 cm³/mol. The molecule has 1 unspecified atom stereocenters. The maximum atomic E-state index is 4.43. The van der Waals surface area contributed by atoms with Crippen molar-refractivity contribution in [2.45, 2.75) is 30.3 Å². The van der Waals surface area contributed by atoms with Gasteiger partial charge in [-0.25, -0.2) is 4.99 Å². The fraction of sp³-hybridized carbons (Fsp3) is 0.375. The van der Waals surface area contributed by atoms with Gasteiger partial charge in [0.15, 0.2) is 5.82 Å². The second kappa shape index (κ2) is 6.14. The minimum atomic E-state index is 0.504. The molecule has 6 heteroatoms. The van der Waals surface area contributed by atoms with Crippen LogP contribution in [-0.4, -0.2) is 31.6 Å². The molecule has 0 saturated heterocycles. The maximum Gasteiger partial charge on any atom is 0.160 e. The van der Waals surface area contributed by atoms with E-state index in [4.69, 9.17) is 0 Å². The lowest BCUT2D eigenvalue weighted by molar-refractivity contribution is 0.486. The standard InChI is InChI=1S/C16H19N5S/c1-2-12(10-17-5-1)20-9-11-3-4-14-13(8-11)21-15-16(22-14)19-7-6-18-15/h3-6,8,12,19-21H,1-2,7,9-10H2. The molecular weight excluding hydrogens is 294 g/mol. The van der Waals surface area contributed by atoms with Gasteiger partial charge in [0.2, 0.25) is 0 Å². The second-order valence-corrected chi connectivity index (χ2v) is 6.68. The zero-order chi connectivity index (χ0) is 14.8. The number of rotatable bonds is 3. The summed E-state index contributed by atoms with van der Waals surface area (Å²) in [5.41, 5.74) is 2.43. The second-order valence-electron chi connectivity index (χ2n) is 5.63. The van der Waals surface area contributed by atoms with Crippen LogP contribution in [0.1, 0.15) is 18.4 Å². The molecule has 5 nitrogen and oxygen atoms in total. The summed E-state index contributed by atoms with van der Waals surface area (Å²) in [6, 6.07) is 7.11. The Kier molecular flexibility index (Phi) is 3.86. The summed E-state index contributed by atoms with van der Waals surface area (Å²) in [6.07, 6.45) is 6.19. The molecule has 1 aromatic rings. The number of aliphatic imine (C=N–C) groups is 2. The van der Waals surface area contributed by atoms with Crippen molar-refractivity contribution < 1.29 is 0 Å². The third kappa shape index (κ3) is 2.89. The Morgan fingerprint density at radius 2 is 2.32 bits per heavy atom. The van der Waals surface area contributed by atoms with Crippen LogP contribution in [0.3, 0.4) is 0 Å². The molecule has 0 radical (unpaired) electrons. The molecule has 3 N–H and O–H groups in total. The quantitative estimate of drug-likeness (QED) is 0.801. The summed E-state index contributed by atoms with van der Waals surface area (Å²) < 4.78 is 0. The van der Waals surface area contributed by atoms with Crippen molar-refractivity contribution >= 4 is 29.9 Å². The highest BCUT2D eigenvalue weighted by Crippen LogP contribution is 2.39. The van der Waals surface area contributed by atoms with Gasteiger partial charge in [-0.3, -0.25) is 4.99 Å². The van der Waals surface area contributed by atoms with E-state index in [1.54, 1.807) is 11.8 Å². The van der Waals surface area contributed by atoms with E-state index < -0.39 is 0 Å². The summed E-state index contributed by atoms with van der Waals surface area (Å²) in [6.45, 7) is 2.58. The summed E-state index contributed by atoms with van der Waals surface area (Å²) in [5, 5.41) is 11.5. The fourth-order valence-corrected chi connectivity index (χ4v) is 3.72. The van der Waals surface area contributed by atoms with Gasteiger partial charge < -0.3 is 16.0 Å². The Balaban J connectivity index is 1.45. The fourth-order valence-electron chi connectivity index (χ4n) is 2.79. The molecule has 0 saturated carbocycles. The van der Waals surface area contributed by atoms with Gasteiger partial charge in [0, 0.05) is 23.7 Å². The highest BCUT2D eigenvalue weighted by molar-refractivity contribution is 8.03. The molecule has 0 aromatic heterocycles. The van der Waals surface area contributed by atoms with Crippen LogP contribution >= 0.6 is 11.8 Å². The Labute approximate surface area is 134 Å². The number of nitrogens with one attached hydrogen (secondary N) is 3. The van der Waals surface area contributed by atoms with Crippen LogP contribution in [0.15, 0.2) is 43.9 Å². The average Bonchev–Trinajstić information content (AvgIpc) is 2.59. The highest BCUT2D eigenvalue weighted by Gasteiger charge is 2.20. The average molecular weight is 313 g/mol. The van der Waals surface area contributed by atoms with E-state index in [1.165, 1.54) is 16.9 Å². The van der Waals surface area contributed by atoms with Crippen molar-refractivity contribution in [1.29, 1.82) is 0 Å². The van der Waals surface area contributed by atoms with Gasteiger partial charge >= 0.3 is 0 Å². The number of hydrogen-bond donors (Lipinski definition) is 3. The number of thioether (sulfide) groups is 1. The molecule has 0 aliphatic carbocycles. The van der Waals surface area contributed by atoms with E-state index in [2.05, 4.69) is 44.1 Å². The molecule has 4 rings (SSSR count). The van der Waals surface area contributed by atoms with Crippen LogP contribution in [0.25, 0.3) is 0 Å². The SMILES string of the molecule is C1=NCC(NCc2ccc3c(c2)NC2=C(NCC=N2)S3)CC1. The van der Waals surface area contributed by atoms with Gasteiger partial charge in [0.25, 0.3) is 0 Å². The van der Waals surface area contributed by atoms with Crippen molar-refractivity contribution in [2.24, 2.45) is 9.98 Å². The molecule has 0 bridgehead atoms. The lowest BCUT2D eigenvalue weighted by Crippen LogP contribution is -2.33. The summed E-state index contributed by atoms with van der Waals surface area (Å²) in [7, 11) is 0. The van der Waals surface area contributed by atoms with E-state index in [0.29, 0.717) is 6.04 Å². The highest BCUT2D eigenvalue weighted by atomic mass is 32.2. The molecule has 0 spiro atoms. The first kappa shape index (κ1) is 13.8. The number of anilines is 1. The zero-order valence-corrected chi connectivity index (χ0v) is 13.1. The minimum Gasteiger partial charge on any atom is -0.372 e. The molecule has 3 aliphatic heterocycles. The Hall–Kier alpha value is -1.79. The van der Waals surface area contributed by atoms with Gasteiger partial charge in [-0.15, -0.1) is 0 Å². The summed E-state index contributed by atoms with van der Waals surface area (Å²) in [4.78, 5) is 10.0. The molecule has 3 aliphatic rings. The van der Waals surface area contributed by atoms with Crippen LogP contribution in [0, 0.1) is 0 Å². The smallest absolute Gasteiger partial charge is 0.160 e. The first-order valence-corrected chi connectivity index (χ1v) is 8.50. The van der Waals surface area contributed by atoms with Gasteiger partial charge in [0.05, 0.1) is 18.8 Å². The molecule has 0 fully saturated rings. The molecule has 22 heavy (non-hydrogen) atoms. The van der Waals surface area contributed by atoms with E-state index >= 15 is 0 Å². The summed E-state index contributed by atoms with van der Waals surface area (Å²) in [5.74, 6) is 0.926. The van der Waals surface area contributed by atoms with E-state index in [0.717, 1.165) is 42.6 Å². The lowest BCUT2D eigenvalue weighted by Gasteiger charge is -2.25. The third-order valence-electron chi connectivity index (χ3n) is 3.99. The maximum absolute atomic E-state index is 4.43. The summed E-state index contributed by atoms with van der Waals surface area (Å²) >= 11 is 1.75. The van der Waals surface area contributed by atoms with Crippen LogP contribution < -0.4 is 16.0 Å². The molecule has 1 atom stereocenters. The number of hydrogen-bond acceptors (Lipinski definition) is 6. The normalized spacial score (nSPS) is 22.6. The molecular formula is C16H19N5S. The monoisotopic (exact) mass is 313 g/mol. The van der Waals surface area contributed by atoms with Crippen molar-refractivity contribution in [3.05, 3.63) is 34.6 Å². The molecule has 114 valence electrons. The van der Waals surface area contributed by atoms with Crippen LogP contribution in [0.2, 0.25) is 0 Å². The minimum absolute atomic E-state index is 0.504. The topological polar surface area (TPSA) is 60.8 Å². The zero-order valence-electron chi connectivity index (χ0n) is 12.3. The van der Waals surface area contributed by atoms with Gasteiger partial charge in [-0.1, -0.05) is 17.8 Å². The predicted octanol–water partition coefficient (Wildman–Crippen LogP) is 2.33. The van der Waals surface area contributed by atoms with E-state index in [9.17, 15) is 0 Å². The van der Waals surface area contributed by atoms with Crippen molar-refractivity contribution in [1.82, 2.24) is 10.6 Å². The van der Waals surface area contributed by atoms with E-state index in [-0.39, 0.29) is 0 Å². The van der Waals surface area contributed by atoms with Crippen LogP contribution in [0.4, 0.5) is 5.69 Å². The Morgan fingerprint density at radius 1 is 1.32 bits per heavy atom. The molecule has 1 aromatic carbocycles. The molecule has 0 amide bonds. The number of nitrogens with zero attached hydrogens (tertiary/aromatic N) is 2. The van der Waals surface area contributed by atoms with Crippen molar-refractivity contribution in [3.63, 3.8) is 0 Å². The lowest BCUT2D eigenvalue weighted by atomic mass is 10.1. The number of benzene rings is 1. The first-order valence-electron chi connectivity index (χ1n) is 7.68. The Morgan fingerprint density at radius 3 is 3.23 bits per heavy atom. The third-order valence-corrected chi connectivity index (χ3v) is 5.11. The van der Waals surface area contributed by atoms with Crippen molar-refractivity contribution in [3.8, 4) is 0 Å². The van der Waals surface area contributed by atoms with Gasteiger partial charge in [0.1, 0.15) is 5.03 Å². The Bertz CT molecular complexity index is 665. The van der Waals surface area contributed by atoms with Crippen molar-refractivity contribution in [2.75, 3.05) is 18.4 Å². The van der Waals surface area contributed by atoms with Gasteiger partial charge in [-0.2, -0.15) is 0 Å².